The smallest absolute Gasteiger partial charge is 0.394 e. The van der Waals surface area contributed by atoms with Crippen LogP contribution in [0.15, 0.2) is 0 Å². The van der Waals surface area contributed by atoms with Gasteiger partial charge in [0, 0.05) is 19.0 Å². The summed E-state index contributed by atoms with van der Waals surface area (Å²) in [4.78, 5) is 24.2. The Labute approximate surface area is 115 Å². The third kappa shape index (κ3) is 4.11. The van der Waals surface area contributed by atoms with Gasteiger partial charge in [-0.15, -0.1) is 0 Å². The summed E-state index contributed by atoms with van der Waals surface area (Å²) in [5, 5.41) is 8.86. The Kier molecular flexibility index (Phi) is 4.71. The number of alkyl halides is 3. The Morgan fingerprint density at radius 1 is 1.30 bits per heavy atom. The number of hydrogen-bond donors (Lipinski definition) is 1. The molecule has 0 heterocycles. The molecule has 0 radical (unpaired) electrons. The van der Waals surface area contributed by atoms with Gasteiger partial charge in [-0.3, -0.25) is 9.59 Å². The zero-order chi connectivity index (χ0) is 15.7. The molecule has 1 aliphatic rings. The van der Waals surface area contributed by atoms with E-state index in [2.05, 4.69) is 0 Å². The molecule has 1 aliphatic carbocycles. The van der Waals surface area contributed by atoms with Gasteiger partial charge in [0.05, 0.1) is 11.3 Å². The Balaban J connectivity index is 2.73. The standard InChI is InChI=1S/C13H20F3NO3/c1-8(11(19)20)7-17(9-4-5-9)10(18)6-12(2,3)13(14,15)16/h8-9H,4-7H2,1-3H3,(H,19,20). The summed E-state index contributed by atoms with van der Waals surface area (Å²) in [7, 11) is 0. The maximum absolute atomic E-state index is 12.8. The van der Waals surface area contributed by atoms with Gasteiger partial charge in [-0.1, -0.05) is 20.8 Å². The van der Waals surface area contributed by atoms with Crippen LogP contribution in [-0.2, 0) is 9.59 Å². The molecular formula is C13H20F3NO3. The van der Waals surface area contributed by atoms with Crippen LogP contribution in [0, 0.1) is 11.3 Å². The zero-order valence-electron chi connectivity index (χ0n) is 11.8. The van der Waals surface area contributed by atoms with E-state index >= 15 is 0 Å². The fourth-order valence-corrected chi connectivity index (χ4v) is 1.79. The first-order valence-corrected chi connectivity index (χ1v) is 6.54. The minimum atomic E-state index is -4.46. The van der Waals surface area contributed by atoms with Crippen LogP contribution in [0.1, 0.15) is 40.0 Å². The molecule has 0 saturated heterocycles. The monoisotopic (exact) mass is 295 g/mol. The van der Waals surface area contributed by atoms with E-state index in [9.17, 15) is 22.8 Å². The van der Waals surface area contributed by atoms with Crippen LogP contribution in [0.2, 0.25) is 0 Å². The van der Waals surface area contributed by atoms with E-state index in [1.807, 2.05) is 0 Å². The predicted molar refractivity (Wildman–Crippen MR) is 66.0 cm³/mol. The molecule has 0 aromatic carbocycles. The molecular weight excluding hydrogens is 275 g/mol. The number of nitrogens with zero attached hydrogens (tertiary/aromatic N) is 1. The van der Waals surface area contributed by atoms with Crippen LogP contribution in [0.25, 0.3) is 0 Å². The number of carbonyl (C=O) groups excluding carboxylic acids is 1. The zero-order valence-corrected chi connectivity index (χ0v) is 11.8. The Hall–Kier alpha value is -1.27. The fraction of sp³-hybridized carbons (Fsp3) is 0.846. The quantitative estimate of drug-likeness (QED) is 0.819. The molecule has 0 spiro atoms. The van der Waals surface area contributed by atoms with Gasteiger partial charge >= 0.3 is 12.1 Å². The first-order chi connectivity index (χ1) is 8.95. The summed E-state index contributed by atoms with van der Waals surface area (Å²) >= 11 is 0. The summed E-state index contributed by atoms with van der Waals surface area (Å²) < 4.78 is 38.4. The topological polar surface area (TPSA) is 57.6 Å². The van der Waals surface area contributed by atoms with Crippen molar-refractivity contribution in [3.63, 3.8) is 0 Å². The maximum atomic E-state index is 12.8. The molecule has 1 fully saturated rings. The van der Waals surface area contributed by atoms with Gasteiger partial charge in [0.1, 0.15) is 0 Å². The minimum absolute atomic E-state index is 0.0349. The highest BCUT2D eigenvalue weighted by Gasteiger charge is 2.49. The van der Waals surface area contributed by atoms with E-state index in [1.165, 1.54) is 11.8 Å². The lowest BCUT2D eigenvalue weighted by Gasteiger charge is -2.31. The van der Waals surface area contributed by atoms with E-state index in [4.69, 9.17) is 5.11 Å². The number of amides is 1. The highest BCUT2D eigenvalue weighted by atomic mass is 19.4. The largest absolute Gasteiger partial charge is 0.481 e. The number of carboxylic acid groups (broad SMARTS) is 1. The molecule has 1 amide bonds. The molecule has 1 atom stereocenters. The summed E-state index contributed by atoms with van der Waals surface area (Å²) in [6, 6.07) is -0.103. The van der Waals surface area contributed by atoms with Gasteiger partial charge in [0.2, 0.25) is 5.91 Å². The lowest BCUT2D eigenvalue weighted by atomic mass is 9.88. The fourth-order valence-electron chi connectivity index (χ4n) is 1.79. The lowest BCUT2D eigenvalue weighted by molar-refractivity contribution is -0.215. The normalized spacial score (nSPS) is 17.7. The summed E-state index contributed by atoms with van der Waals surface area (Å²) in [5.41, 5.74) is -2.11. The van der Waals surface area contributed by atoms with E-state index in [0.717, 1.165) is 26.7 Å². The summed E-state index contributed by atoms with van der Waals surface area (Å²) in [6.45, 7) is 3.37. The van der Waals surface area contributed by atoms with Crippen molar-refractivity contribution in [1.29, 1.82) is 0 Å². The molecule has 0 bridgehead atoms. The molecule has 7 heteroatoms. The first-order valence-electron chi connectivity index (χ1n) is 6.54. The van der Waals surface area contributed by atoms with E-state index in [0.29, 0.717) is 0 Å². The number of aliphatic carboxylic acids is 1. The van der Waals surface area contributed by atoms with Crippen molar-refractivity contribution >= 4 is 11.9 Å². The van der Waals surface area contributed by atoms with Gasteiger partial charge in [-0.2, -0.15) is 13.2 Å². The average molecular weight is 295 g/mol. The second kappa shape index (κ2) is 5.61. The van der Waals surface area contributed by atoms with Gasteiger partial charge in [-0.25, -0.2) is 0 Å². The SMILES string of the molecule is CC(CN(C(=O)CC(C)(C)C(F)(F)F)C1CC1)C(=O)O. The molecule has 1 unspecified atom stereocenters. The van der Waals surface area contributed by atoms with Crippen molar-refractivity contribution in [3.05, 3.63) is 0 Å². The van der Waals surface area contributed by atoms with Crippen molar-refractivity contribution in [2.45, 2.75) is 52.3 Å². The lowest BCUT2D eigenvalue weighted by Crippen LogP contribution is -2.43. The molecule has 20 heavy (non-hydrogen) atoms. The molecule has 0 aromatic rings. The highest BCUT2D eigenvalue weighted by molar-refractivity contribution is 5.78. The molecule has 0 aromatic heterocycles. The number of hydrogen-bond acceptors (Lipinski definition) is 2. The van der Waals surface area contributed by atoms with Crippen LogP contribution in [0.4, 0.5) is 13.2 Å². The second-order valence-corrected chi connectivity index (χ2v) is 6.07. The van der Waals surface area contributed by atoms with Crippen molar-refractivity contribution in [2.24, 2.45) is 11.3 Å². The Morgan fingerprint density at radius 3 is 2.15 bits per heavy atom. The molecule has 116 valence electrons. The summed E-state index contributed by atoms with van der Waals surface area (Å²) in [5.74, 6) is -2.46. The van der Waals surface area contributed by atoms with Crippen molar-refractivity contribution in [2.75, 3.05) is 6.54 Å². The second-order valence-electron chi connectivity index (χ2n) is 6.07. The predicted octanol–water partition coefficient (Wildman–Crippen LogP) is 2.68. The maximum Gasteiger partial charge on any atom is 0.394 e. The third-order valence-electron chi connectivity index (χ3n) is 3.56. The third-order valence-corrected chi connectivity index (χ3v) is 3.56. The van der Waals surface area contributed by atoms with E-state index in [1.54, 1.807) is 0 Å². The van der Waals surface area contributed by atoms with Crippen LogP contribution < -0.4 is 0 Å². The van der Waals surface area contributed by atoms with Crippen LogP contribution in [0.5, 0.6) is 0 Å². The molecule has 1 N–H and O–H groups in total. The molecule has 0 aliphatic heterocycles. The van der Waals surface area contributed by atoms with Gasteiger partial charge in [-0.05, 0) is 12.8 Å². The van der Waals surface area contributed by atoms with Crippen LogP contribution in [0.3, 0.4) is 0 Å². The number of rotatable bonds is 6. The minimum Gasteiger partial charge on any atom is -0.481 e. The van der Waals surface area contributed by atoms with Crippen molar-refractivity contribution in [3.8, 4) is 0 Å². The Bertz CT molecular complexity index is 389. The molecule has 4 nitrogen and oxygen atoms in total. The van der Waals surface area contributed by atoms with Crippen LogP contribution in [-0.4, -0.2) is 40.6 Å². The molecule has 1 rings (SSSR count). The van der Waals surface area contributed by atoms with E-state index in [-0.39, 0.29) is 12.6 Å². The number of carboxylic acids is 1. The molecule has 1 saturated carbocycles. The van der Waals surface area contributed by atoms with Crippen molar-refractivity contribution < 1.29 is 27.9 Å². The highest BCUT2D eigenvalue weighted by Crippen LogP contribution is 2.41. The van der Waals surface area contributed by atoms with Gasteiger partial charge < -0.3 is 10.0 Å². The first kappa shape index (κ1) is 16.8. The van der Waals surface area contributed by atoms with Crippen LogP contribution >= 0.6 is 0 Å². The average Bonchev–Trinajstić information content (AvgIpc) is 3.06. The van der Waals surface area contributed by atoms with Gasteiger partial charge in [0.15, 0.2) is 0 Å². The van der Waals surface area contributed by atoms with Crippen molar-refractivity contribution in [1.82, 2.24) is 4.90 Å². The van der Waals surface area contributed by atoms with E-state index < -0.39 is 35.8 Å². The number of halogens is 3. The summed E-state index contributed by atoms with van der Waals surface area (Å²) in [6.07, 6.45) is -3.66. The Morgan fingerprint density at radius 2 is 1.80 bits per heavy atom. The van der Waals surface area contributed by atoms with Gasteiger partial charge in [0.25, 0.3) is 0 Å². The number of carbonyl (C=O) groups is 2.